The Morgan fingerprint density at radius 1 is 1.47 bits per heavy atom. The lowest BCUT2D eigenvalue weighted by Gasteiger charge is -2.19. The summed E-state index contributed by atoms with van der Waals surface area (Å²) in [5, 5.41) is 13.6. The van der Waals surface area contributed by atoms with Gasteiger partial charge >= 0.3 is 5.69 Å². The van der Waals surface area contributed by atoms with Gasteiger partial charge in [-0.1, -0.05) is 23.2 Å². The number of carbonyl (C=O) groups is 1. The quantitative estimate of drug-likeness (QED) is 0.455. The molecule has 1 aliphatic heterocycles. The Morgan fingerprint density at radius 2 is 2.20 bits per heavy atom. The zero-order chi connectivity index (χ0) is 22.0. The number of nitrogens with one attached hydrogen (secondary N) is 2. The molecule has 3 N–H and O–H groups in total. The van der Waals surface area contributed by atoms with Gasteiger partial charge in [0.15, 0.2) is 6.10 Å². The third kappa shape index (κ3) is 5.35. The standard InChI is InChI=1S/C18H18Cl2IN3O6/c1-8(29-13-3-2-9(19)4-10(13)20)16(26)22-6-14-12(25)5-15(30-14)24-7-11(21)17(27)23-18(24)28/h2-4,7-8,12,14-15,25H,5-6H2,1H3,(H,22,26)(H,23,27,28)/t8-,12?,14-,15-/m0/s1. The van der Waals surface area contributed by atoms with Crippen LogP contribution in [-0.2, 0) is 9.53 Å². The van der Waals surface area contributed by atoms with Crippen LogP contribution in [-0.4, -0.2) is 45.4 Å². The third-order valence-corrected chi connectivity index (χ3v) is 5.78. The first-order chi connectivity index (χ1) is 14.2. The Hall–Kier alpha value is -1.60. The number of hydrogen-bond donors (Lipinski definition) is 3. The smallest absolute Gasteiger partial charge is 0.330 e. The van der Waals surface area contributed by atoms with E-state index in [2.05, 4.69) is 10.3 Å². The van der Waals surface area contributed by atoms with Crippen LogP contribution in [0.1, 0.15) is 19.6 Å². The molecule has 2 heterocycles. The molecule has 1 aromatic heterocycles. The summed E-state index contributed by atoms with van der Waals surface area (Å²) in [4.78, 5) is 38.0. The van der Waals surface area contributed by atoms with Gasteiger partial charge in [0, 0.05) is 24.2 Å². The summed E-state index contributed by atoms with van der Waals surface area (Å²) in [5.41, 5.74) is -1.13. The highest BCUT2D eigenvalue weighted by atomic mass is 127. The Morgan fingerprint density at radius 3 is 2.90 bits per heavy atom. The molecule has 0 bridgehead atoms. The van der Waals surface area contributed by atoms with Gasteiger partial charge in [0.25, 0.3) is 11.5 Å². The van der Waals surface area contributed by atoms with Gasteiger partial charge in [-0.15, -0.1) is 0 Å². The van der Waals surface area contributed by atoms with Crippen molar-refractivity contribution < 1.29 is 19.4 Å². The van der Waals surface area contributed by atoms with Crippen LogP contribution in [0.5, 0.6) is 5.75 Å². The van der Waals surface area contributed by atoms with Gasteiger partial charge in [-0.25, -0.2) is 4.79 Å². The first-order valence-electron chi connectivity index (χ1n) is 8.89. The van der Waals surface area contributed by atoms with E-state index in [0.717, 1.165) is 0 Å². The molecule has 1 aromatic carbocycles. The molecule has 12 heteroatoms. The number of halogens is 3. The molecular formula is C18H18Cl2IN3O6. The van der Waals surface area contributed by atoms with Crippen LogP contribution in [0.25, 0.3) is 0 Å². The number of nitrogens with zero attached hydrogens (tertiary/aromatic N) is 1. The zero-order valence-electron chi connectivity index (χ0n) is 15.6. The normalized spacial score (nSPS) is 22.0. The summed E-state index contributed by atoms with van der Waals surface area (Å²) in [5.74, 6) is -0.121. The van der Waals surface area contributed by atoms with Crippen LogP contribution in [0.4, 0.5) is 0 Å². The molecule has 1 aliphatic rings. The van der Waals surface area contributed by atoms with Gasteiger partial charge in [-0.3, -0.25) is 19.1 Å². The third-order valence-electron chi connectivity index (χ3n) is 4.48. The van der Waals surface area contributed by atoms with Gasteiger partial charge in [0.05, 0.1) is 14.7 Å². The van der Waals surface area contributed by atoms with Crippen LogP contribution < -0.4 is 21.3 Å². The molecule has 0 radical (unpaired) electrons. The maximum atomic E-state index is 12.3. The summed E-state index contributed by atoms with van der Waals surface area (Å²) in [6.45, 7) is 1.56. The molecule has 1 unspecified atom stereocenters. The molecule has 1 fully saturated rings. The van der Waals surface area contributed by atoms with E-state index in [1.165, 1.54) is 16.8 Å². The van der Waals surface area contributed by atoms with Crippen molar-refractivity contribution in [3.63, 3.8) is 0 Å². The Kier molecular flexibility index (Phi) is 7.45. The van der Waals surface area contributed by atoms with E-state index in [-0.39, 0.29) is 18.0 Å². The predicted octanol–water partition coefficient (Wildman–Crippen LogP) is 1.68. The van der Waals surface area contributed by atoms with Gasteiger partial charge in [-0.2, -0.15) is 0 Å². The number of ether oxygens (including phenoxy) is 2. The number of carbonyl (C=O) groups excluding carboxylic acids is 1. The second kappa shape index (κ2) is 9.69. The summed E-state index contributed by atoms with van der Waals surface area (Å²) in [6.07, 6.45) is -1.76. The van der Waals surface area contributed by atoms with Crippen molar-refractivity contribution in [3.05, 3.63) is 58.8 Å². The van der Waals surface area contributed by atoms with E-state index >= 15 is 0 Å². The highest BCUT2D eigenvalue weighted by Crippen LogP contribution is 2.29. The van der Waals surface area contributed by atoms with Gasteiger partial charge in [0.2, 0.25) is 0 Å². The van der Waals surface area contributed by atoms with Crippen molar-refractivity contribution in [2.45, 2.75) is 37.9 Å². The lowest BCUT2D eigenvalue weighted by molar-refractivity contribution is -0.128. The second-order valence-corrected chi connectivity index (χ2v) is 8.66. The number of benzene rings is 1. The molecular weight excluding hydrogens is 552 g/mol. The maximum absolute atomic E-state index is 12.3. The van der Waals surface area contributed by atoms with E-state index < -0.39 is 41.7 Å². The first-order valence-corrected chi connectivity index (χ1v) is 10.7. The lowest BCUT2D eigenvalue weighted by atomic mass is 10.2. The number of rotatable bonds is 6. The largest absolute Gasteiger partial charge is 0.479 e. The maximum Gasteiger partial charge on any atom is 0.330 e. The Labute approximate surface area is 194 Å². The van der Waals surface area contributed by atoms with Crippen LogP contribution in [0.15, 0.2) is 34.0 Å². The van der Waals surface area contributed by atoms with E-state index in [4.69, 9.17) is 32.7 Å². The predicted molar refractivity (Wildman–Crippen MR) is 118 cm³/mol. The molecule has 1 saturated heterocycles. The van der Waals surface area contributed by atoms with E-state index in [0.29, 0.717) is 14.3 Å². The fourth-order valence-corrected chi connectivity index (χ4v) is 3.79. The second-order valence-electron chi connectivity index (χ2n) is 6.66. The highest BCUT2D eigenvalue weighted by Gasteiger charge is 2.36. The molecule has 9 nitrogen and oxygen atoms in total. The molecule has 4 atom stereocenters. The minimum absolute atomic E-state index is 0.00768. The van der Waals surface area contributed by atoms with Crippen molar-refractivity contribution in [1.29, 1.82) is 0 Å². The number of H-pyrrole nitrogens is 1. The van der Waals surface area contributed by atoms with Crippen LogP contribution in [0, 0.1) is 3.57 Å². The average Bonchev–Trinajstić information content (AvgIpc) is 3.05. The number of aromatic amines is 1. The van der Waals surface area contributed by atoms with Gasteiger partial charge < -0.3 is 19.9 Å². The Bertz CT molecular complexity index is 1060. The number of aliphatic hydroxyl groups is 1. The fraction of sp³-hybridized carbons (Fsp3) is 0.389. The Balaban J connectivity index is 1.58. The van der Waals surface area contributed by atoms with E-state index in [9.17, 15) is 19.5 Å². The minimum atomic E-state index is -0.909. The topological polar surface area (TPSA) is 123 Å². The summed E-state index contributed by atoms with van der Waals surface area (Å²) in [6, 6.07) is 4.66. The highest BCUT2D eigenvalue weighted by molar-refractivity contribution is 14.1. The summed E-state index contributed by atoms with van der Waals surface area (Å²) < 4.78 is 12.8. The first kappa shape index (κ1) is 23.1. The van der Waals surface area contributed by atoms with Gasteiger partial charge in [0.1, 0.15) is 18.1 Å². The van der Waals surface area contributed by atoms with E-state index in [1.807, 2.05) is 0 Å². The number of hydrogen-bond acceptors (Lipinski definition) is 6. The van der Waals surface area contributed by atoms with Crippen molar-refractivity contribution in [3.8, 4) is 5.75 Å². The summed E-state index contributed by atoms with van der Waals surface area (Å²) >= 11 is 13.7. The molecule has 0 aliphatic carbocycles. The molecule has 0 spiro atoms. The minimum Gasteiger partial charge on any atom is -0.479 e. The SMILES string of the molecule is C[C@H](Oc1ccc(Cl)cc1Cl)C(=O)NC[C@@H]1O[C@H](n2cc(I)c(=O)[nH]c2=O)CC1O. The lowest BCUT2D eigenvalue weighted by Crippen LogP contribution is -2.42. The molecule has 0 saturated carbocycles. The fourth-order valence-electron chi connectivity index (χ4n) is 2.90. The van der Waals surface area contributed by atoms with Crippen LogP contribution in [0.3, 0.4) is 0 Å². The molecule has 162 valence electrons. The molecule has 1 amide bonds. The number of amides is 1. The van der Waals surface area contributed by atoms with E-state index in [1.54, 1.807) is 41.6 Å². The number of aliphatic hydroxyl groups excluding tert-OH is 1. The van der Waals surface area contributed by atoms with Crippen molar-refractivity contribution in [1.82, 2.24) is 14.9 Å². The van der Waals surface area contributed by atoms with Crippen molar-refractivity contribution >= 4 is 51.7 Å². The number of aromatic nitrogens is 2. The van der Waals surface area contributed by atoms with Crippen molar-refractivity contribution in [2.24, 2.45) is 0 Å². The van der Waals surface area contributed by atoms with Crippen LogP contribution in [0.2, 0.25) is 10.0 Å². The molecule has 30 heavy (non-hydrogen) atoms. The van der Waals surface area contributed by atoms with Crippen LogP contribution >= 0.6 is 45.8 Å². The zero-order valence-corrected chi connectivity index (χ0v) is 19.3. The average molecular weight is 570 g/mol. The summed E-state index contributed by atoms with van der Waals surface area (Å²) in [7, 11) is 0. The molecule has 2 aromatic rings. The van der Waals surface area contributed by atoms with Gasteiger partial charge in [-0.05, 0) is 47.7 Å². The monoisotopic (exact) mass is 569 g/mol. The molecule has 3 rings (SSSR count). The van der Waals surface area contributed by atoms with Crippen molar-refractivity contribution in [2.75, 3.05) is 6.54 Å².